The van der Waals surface area contributed by atoms with Gasteiger partial charge in [0, 0.05) is 33.8 Å². The molecule has 5 nitrogen and oxygen atoms in total. The van der Waals surface area contributed by atoms with Gasteiger partial charge in [-0.05, 0) is 12.1 Å². The SMILES string of the molecule is COCc1c(Cl)cc(-c2cc(C(=O)O)no2)cc1Br. The van der Waals surface area contributed by atoms with Crippen molar-refractivity contribution in [1.82, 2.24) is 5.16 Å². The Morgan fingerprint density at radius 1 is 1.53 bits per heavy atom. The predicted octanol–water partition coefficient (Wildman–Crippen LogP) is 3.60. The number of aromatic nitrogens is 1. The molecular weight excluding hydrogens is 337 g/mol. The van der Waals surface area contributed by atoms with Gasteiger partial charge in [-0.3, -0.25) is 0 Å². The monoisotopic (exact) mass is 345 g/mol. The zero-order valence-corrected chi connectivity index (χ0v) is 12.2. The fourth-order valence-corrected chi connectivity index (χ4v) is 2.50. The highest BCUT2D eigenvalue weighted by atomic mass is 79.9. The van der Waals surface area contributed by atoms with E-state index in [4.69, 9.17) is 26.0 Å². The van der Waals surface area contributed by atoms with Gasteiger partial charge in [-0.25, -0.2) is 4.79 Å². The number of ether oxygens (including phenoxy) is 1. The molecule has 1 heterocycles. The zero-order chi connectivity index (χ0) is 14.0. The van der Waals surface area contributed by atoms with Crippen LogP contribution in [0.3, 0.4) is 0 Å². The fourth-order valence-electron chi connectivity index (χ4n) is 1.54. The van der Waals surface area contributed by atoms with Crippen LogP contribution in [-0.2, 0) is 11.3 Å². The van der Waals surface area contributed by atoms with Gasteiger partial charge in [0.25, 0.3) is 0 Å². The summed E-state index contributed by atoms with van der Waals surface area (Å²) >= 11 is 9.53. The minimum atomic E-state index is -1.14. The van der Waals surface area contributed by atoms with Gasteiger partial charge in [0.2, 0.25) is 0 Å². The summed E-state index contributed by atoms with van der Waals surface area (Å²) in [6.07, 6.45) is 0. The van der Waals surface area contributed by atoms with E-state index in [1.165, 1.54) is 6.07 Å². The summed E-state index contributed by atoms with van der Waals surface area (Å²) < 4.78 is 10.8. The maximum absolute atomic E-state index is 10.7. The van der Waals surface area contributed by atoms with Gasteiger partial charge in [-0.2, -0.15) is 0 Å². The number of methoxy groups -OCH3 is 1. The van der Waals surface area contributed by atoms with Crippen LogP contribution in [0.15, 0.2) is 27.2 Å². The van der Waals surface area contributed by atoms with Crippen LogP contribution in [0.5, 0.6) is 0 Å². The Hall–Kier alpha value is -1.37. The third-order valence-corrected chi connectivity index (χ3v) is 3.49. The Balaban J connectivity index is 2.42. The molecule has 2 aromatic rings. The summed E-state index contributed by atoms with van der Waals surface area (Å²) in [5.41, 5.74) is 1.30. The van der Waals surface area contributed by atoms with Crippen molar-refractivity contribution in [1.29, 1.82) is 0 Å². The van der Waals surface area contributed by atoms with Crippen LogP contribution < -0.4 is 0 Å². The number of aromatic carboxylic acids is 1. The van der Waals surface area contributed by atoms with Crippen molar-refractivity contribution in [3.8, 4) is 11.3 Å². The topological polar surface area (TPSA) is 72.6 Å². The van der Waals surface area contributed by atoms with E-state index in [9.17, 15) is 4.79 Å². The molecule has 0 atom stereocenters. The number of carboxylic acid groups (broad SMARTS) is 1. The van der Waals surface area contributed by atoms with Crippen LogP contribution >= 0.6 is 27.5 Å². The maximum Gasteiger partial charge on any atom is 0.358 e. The van der Waals surface area contributed by atoms with Crippen LogP contribution in [0.1, 0.15) is 16.1 Å². The first kappa shape index (κ1) is 14.0. The number of hydrogen-bond acceptors (Lipinski definition) is 4. The number of hydrogen-bond donors (Lipinski definition) is 1. The number of carboxylic acids is 1. The van der Waals surface area contributed by atoms with Crippen LogP contribution in [-0.4, -0.2) is 23.3 Å². The lowest BCUT2D eigenvalue weighted by Crippen LogP contribution is -1.94. The Bertz CT molecular complexity index is 603. The van der Waals surface area contributed by atoms with Crippen molar-refractivity contribution >= 4 is 33.5 Å². The molecule has 0 radical (unpaired) electrons. The van der Waals surface area contributed by atoms with Crippen molar-refractivity contribution in [3.63, 3.8) is 0 Å². The molecule has 1 N–H and O–H groups in total. The molecule has 0 fully saturated rings. The van der Waals surface area contributed by atoms with Gasteiger partial charge in [-0.1, -0.05) is 32.7 Å². The minimum Gasteiger partial charge on any atom is -0.476 e. The molecule has 1 aromatic carbocycles. The van der Waals surface area contributed by atoms with Crippen LogP contribution in [0, 0.1) is 0 Å². The van der Waals surface area contributed by atoms with Crippen molar-refractivity contribution in [2.75, 3.05) is 7.11 Å². The lowest BCUT2D eigenvalue weighted by molar-refractivity contribution is 0.0686. The number of nitrogens with zero attached hydrogens (tertiary/aromatic N) is 1. The predicted molar refractivity (Wildman–Crippen MR) is 72.3 cm³/mol. The van der Waals surface area contributed by atoms with E-state index in [1.54, 1.807) is 19.2 Å². The van der Waals surface area contributed by atoms with Gasteiger partial charge in [-0.15, -0.1) is 0 Å². The summed E-state index contributed by atoms with van der Waals surface area (Å²) in [5, 5.41) is 12.7. The third-order valence-electron chi connectivity index (χ3n) is 2.44. The lowest BCUT2D eigenvalue weighted by atomic mass is 10.1. The summed E-state index contributed by atoms with van der Waals surface area (Å²) in [4.78, 5) is 10.7. The molecule has 1 aromatic heterocycles. The lowest BCUT2D eigenvalue weighted by Gasteiger charge is -2.07. The molecule has 7 heteroatoms. The van der Waals surface area contributed by atoms with Gasteiger partial charge < -0.3 is 14.4 Å². The Kier molecular flexibility index (Phi) is 4.24. The van der Waals surface area contributed by atoms with E-state index in [0.29, 0.717) is 23.0 Å². The van der Waals surface area contributed by atoms with Crippen molar-refractivity contribution < 1.29 is 19.2 Å². The molecule has 0 aliphatic heterocycles. The molecule has 0 saturated heterocycles. The quantitative estimate of drug-likeness (QED) is 0.915. The Morgan fingerprint density at radius 3 is 2.79 bits per heavy atom. The fraction of sp³-hybridized carbons (Fsp3) is 0.167. The smallest absolute Gasteiger partial charge is 0.358 e. The second kappa shape index (κ2) is 5.73. The first-order valence-corrected chi connectivity index (χ1v) is 6.37. The molecule has 0 aliphatic rings. The first-order chi connectivity index (χ1) is 9.02. The zero-order valence-electron chi connectivity index (χ0n) is 9.81. The van der Waals surface area contributed by atoms with E-state index in [1.807, 2.05) is 0 Å². The largest absolute Gasteiger partial charge is 0.476 e. The van der Waals surface area contributed by atoms with E-state index in [0.717, 1.165) is 10.0 Å². The third kappa shape index (κ3) is 2.97. The first-order valence-electron chi connectivity index (χ1n) is 5.20. The summed E-state index contributed by atoms with van der Waals surface area (Å²) in [5.74, 6) is -0.805. The average molecular weight is 347 g/mol. The van der Waals surface area contributed by atoms with Gasteiger partial charge >= 0.3 is 5.97 Å². The van der Waals surface area contributed by atoms with Crippen LogP contribution in [0.4, 0.5) is 0 Å². The number of carbonyl (C=O) groups is 1. The van der Waals surface area contributed by atoms with Crippen molar-refractivity contribution in [3.05, 3.63) is 39.0 Å². The van der Waals surface area contributed by atoms with Gasteiger partial charge in [0.05, 0.1) is 6.61 Å². The molecule has 19 heavy (non-hydrogen) atoms. The summed E-state index contributed by atoms with van der Waals surface area (Å²) in [7, 11) is 1.58. The second-order valence-corrected chi connectivity index (χ2v) is 4.99. The average Bonchev–Trinajstić information content (AvgIpc) is 2.83. The Morgan fingerprint density at radius 2 is 2.26 bits per heavy atom. The molecule has 0 saturated carbocycles. The summed E-state index contributed by atoms with van der Waals surface area (Å²) in [6.45, 7) is 0.372. The highest BCUT2D eigenvalue weighted by Crippen LogP contribution is 2.32. The number of rotatable bonds is 4. The molecule has 0 aliphatic carbocycles. The van der Waals surface area contributed by atoms with Gasteiger partial charge in [0.1, 0.15) is 0 Å². The van der Waals surface area contributed by atoms with Gasteiger partial charge in [0.15, 0.2) is 11.5 Å². The molecule has 100 valence electrons. The molecule has 0 bridgehead atoms. The molecule has 0 spiro atoms. The highest BCUT2D eigenvalue weighted by molar-refractivity contribution is 9.10. The Labute approximate surface area is 122 Å². The second-order valence-electron chi connectivity index (χ2n) is 3.73. The van der Waals surface area contributed by atoms with E-state index < -0.39 is 5.97 Å². The molecule has 0 unspecified atom stereocenters. The minimum absolute atomic E-state index is 0.150. The molecular formula is C12H9BrClNO4. The van der Waals surface area contributed by atoms with Crippen molar-refractivity contribution in [2.45, 2.75) is 6.61 Å². The van der Waals surface area contributed by atoms with E-state index in [2.05, 4.69) is 21.1 Å². The molecule has 2 rings (SSSR count). The highest BCUT2D eigenvalue weighted by Gasteiger charge is 2.15. The summed E-state index contributed by atoms with van der Waals surface area (Å²) in [6, 6.07) is 4.79. The van der Waals surface area contributed by atoms with Crippen LogP contribution in [0.2, 0.25) is 5.02 Å². The maximum atomic E-state index is 10.7. The van der Waals surface area contributed by atoms with Crippen LogP contribution in [0.25, 0.3) is 11.3 Å². The standard InChI is InChI=1S/C12H9BrClNO4/c1-18-5-7-8(13)2-6(3-9(7)14)11-4-10(12(16)17)15-19-11/h2-4H,5H2,1H3,(H,16,17). The van der Waals surface area contributed by atoms with Crippen molar-refractivity contribution in [2.24, 2.45) is 0 Å². The molecule has 0 amide bonds. The number of benzene rings is 1. The van der Waals surface area contributed by atoms with E-state index in [-0.39, 0.29) is 5.69 Å². The van der Waals surface area contributed by atoms with E-state index >= 15 is 0 Å². The normalized spacial score (nSPS) is 10.7. The number of halogens is 2.